The lowest BCUT2D eigenvalue weighted by Gasteiger charge is -2.31. The quantitative estimate of drug-likeness (QED) is 0.417. The van der Waals surface area contributed by atoms with Crippen LogP contribution < -0.4 is 10.1 Å². The van der Waals surface area contributed by atoms with Gasteiger partial charge in [0.25, 0.3) is 5.91 Å². The maximum absolute atomic E-state index is 13.5. The third kappa shape index (κ3) is 7.30. The number of hydrogen-bond acceptors (Lipinski definition) is 3. The number of nitrogens with zero attached hydrogens (tertiary/aromatic N) is 1. The molecule has 0 aromatic heterocycles. The largest absolute Gasteiger partial charge is 0.484 e. The molecule has 1 unspecified atom stereocenters. The number of carbonyl (C=O) groups is 2. The third-order valence-corrected chi connectivity index (χ3v) is 6.26. The maximum Gasteiger partial charge on any atom is 0.261 e. The van der Waals surface area contributed by atoms with Crippen LogP contribution in [0.2, 0.25) is 5.02 Å². The minimum absolute atomic E-state index is 0.135. The Morgan fingerprint density at radius 3 is 2.23 bits per heavy atom. The van der Waals surface area contributed by atoms with E-state index >= 15 is 0 Å². The van der Waals surface area contributed by atoms with E-state index < -0.39 is 6.04 Å². The van der Waals surface area contributed by atoms with Crippen LogP contribution in [-0.2, 0) is 22.6 Å². The summed E-state index contributed by atoms with van der Waals surface area (Å²) < 4.78 is 19.3. The molecule has 3 rings (SSSR count). The molecule has 0 spiro atoms. The fourth-order valence-electron chi connectivity index (χ4n) is 3.85. The van der Waals surface area contributed by atoms with E-state index in [2.05, 4.69) is 5.32 Å². The van der Waals surface area contributed by atoms with E-state index in [-0.39, 0.29) is 30.8 Å². The minimum atomic E-state index is -0.771. The van der Waals surface area contributed by atoms with Crippen molar-refractivity contribution in [3.8, 4) is 5.75 Å². The van der Waals surface area contributed by atoms with Gasteiger partial charge in [0.15, 0.2) is 6.61 Å². The molecule has 1 atom stereocenters. The molecule has 0 saturated carbocycles. The summed E-state index contributed by atoms with van der Waals surface area (Å²) in [6.45, 7) is 5.88. The predicted octanol–water partition coefficient (Wildman–Crippen LogP) is 5.25. The van der Waals surface area contributed by atoms with Crippen molar-refractivity contribution < 1.29 is 18.7 Å². The Kier molecular flexibility index (Phi) is 9.26. The molecular formula is C28H30ClFN2O3. The standard InChI is InChI=1S/C28H30ClFN2O3/c1-4-31-28(34)25(16-21-8-6-5-7-9-21)32(17-22-10-12-23(30)13-11-22)26(33)18-35-24-14-19(2)27(29)20(3)15-24/h5-15,25H,4,16-18H2,1-3H3,(H,31,34). The van der Waals surface area contributed by atoms with Crippen LogP contribution in [0.15, 0.2) is 66.7 Å². The number of likely N-dealkylation sites (N-methyl/N-ethyl adjacent to an activating group) is 1. The summed E-state index contributed by atoms with van der Waals surface area (Å²) in [5, 5.41) is 3.50. The number of carbonyl (C=O) groups excluding carboxylic acids is 2. The van der Waals surface area contributed by atoms with E-state index in [9.17, 15) is 14.0 Å². The van der Waals surface area contributed by atoms with Gasteiger partial charge in [0.1, 0.15) is 17.6 Å². The van der Waals surface area contributed by atoms with Gasteiger partial charge in [0.2, 0.25) is 5.91 Å². The minimum Gasteiger partial charge on any atom is -0.484 e. The summed E-state index contributed by atoms with van der Waals surface area (Å²) in [7, 11) is 0. The second-order valence-electron chi connectivity index (χ2n) is 8.41. The Balaban J connectivity index is 1.89. The van der Waals surface area contributed by atoms with Crippen molar-refractivity contribution in [3.63, 3.8) is 0 Å². The predicted molar refractivity (Wildman–Crippen MR) is 136 cm³/mol. The molecule has 7 heteroatoms. The van der Waals surface area contributed by atoms with Gasteiger partial charge in [0.05, 0.1) is 0 Å². The van der Waals surface area contributed by atoms with E-state index in [1.807, 2.05) is 51.1 Å². The molecule has 1 N–H and O–H groups in total. The monoisotopic (exact) mass is 496 g/mol. The Labute approximate surface area is 210 Å². The number of nitrogens with one attached hydrogen (secondary N) is 1. The SMILES string of the molecule is CCNC(=O)C(Cc1ccccc1)N(Cc1ccc(F)cc1)C(=O)COc1cc(C)c(Cl)c(C)c1. The first kappa shape index (κ1) is 26.2. The van der Waals surface area contributed by atoms with Crippen molar-refractivity contribution >= 4 is 23.4 Å². The summed E-state index contributed by atoms with van der Waals surface area (Å²) >= 11 is 6.25. The van der Waals surface area contributed by atoms with Crippen LogP contribution in [0.4, 0.5) is 4.39 Å². The first-order valence-corrected chi connectivity index (χ1v) is 11.9. The van der Waals surface area contributed by atoms with Gasteiger partial charge in [-0.1, -0.05) is 54.1 Å². The molecule has 0 radical (unpaired) electrons. The van der Waals surface area contributed by atoms with Crippen LogP contribution in [0.3, 0.4) is 0 Å². The zero-order valence-electron chi connectivity index (χ0n) is 20.2. The highest BCUT2D eigenvalue weighted by Crippen LogP contribution is 2.26. The summed E-state index contributed by atoms with van der Waals surface area (Å²) in [6, 6.07) is 18.2. The average Bonchev–Trinajstić information content (AvgIpc) is 2.85. The molecular weight excluding hydrogens is 467 g/mol. The molecule has 35 heavy (non-hydrogen) atoms. The van der Waals surface area contributed by atoms with E-state index in [4.69, 9.17) is 16.3 Å². The van der Waals surface area contributed by atoms with Crippen LogP contribution in [0, 0.1) is 19.7 Å². The molecule has 0 bridgehead atoms. The lowest BCUT2D eigenvalue weighted by Crippen LogP contribution is -2.51. The van der Waals surface area contributed by atoms with Gasteiger partial charge in [-0.15, -0.1) is 0 Å². The highest BCUT2D eigenvalue weighted by Gasteiger charge is 2.30. The highest BCUT2D eigenvalue weighted by molar-refractivity contribution is 6.32. The zero-order chi connectivity index (χ0) is 25.4. The molecule has 0 saturated heterocycles. The number of aryl methyl sites for hydroxylation is 2. The van der Waals surface area contributed by atoms with E-state index in [1.54, 1.807) is 24.3 Å². The number of hydrogen-bond donors (Lipinski definition) is 1. The van der Waals surface area contributed by atoms with Crippen molar-refractivity contribution in [1.29, 1.82) is 0 Å². The second kappa shape index (κ2) is 12.4. The Morgan fingerprint density at radius 2 is 1.63 bits per heavy atom. The molecule has 2 amide bonds. The molecule has 184 valence electrons. The van der Waals surface area contributed by atoms with Gasteiger partial charge in [0, 0.05) is 24.5 Å². The molecule has 3 aromatic carbocycles. The van der Waals surface area contributed by atoms with Gasteiger partial charge in [-0.05, 0) is 67.3 Å². The molecule has 0 aliphatic rings. The van der Waals surface area contributed by atoms with Gasteiger partial charge in [-0.2, -0.15) is 0 Å². The number of amides is 2. The van der Waals surface area contributed by atoms with Crippen LogP contribution in [-0.4, -0.2) is 35.9 Å². The first-order valence-electron chi connectivity index (χ1n) is 11.5. The van der Waals surface area contributed by atoms with Crippen molar-refractivity contribution in [2.45, 2.75) is 39.8 Å². The van der Waals surface area contributed by atoms with Crippen molar-refractivity contribution in [1.82, 2.24) is 10.2 Å². The van der Waals surface area contributed by atoms with Gasteiger partial charge >= 0.3 is 0 Å². The Morgan fingerprint density at radius 1 is 1.00 bits per heavy atom. The lowest BCUT2D eigenvalue weighted by molar-refractivity contribution is -0.142. The lowest BCUT2D eigenvalue weighted by atomic mass is 10.0. The zero-order valence-corrected chi connectivity index (χ0v) is 20.9. The van der Waals surface area contributed by atoms with Crippen molar-refractivity contribution in [2.75, 3.05) is 13.2 Å². The molecule has 0 heterocycles. The normalized spacial score (nSPS) is 11.6. The van der Waals surface area contributed by atoms with Gasteiger partial charge in [-0.25, -0.2) is 4.39 Å². The fraction of sp³-hybridized carbons (Fsp3) is 0.286. The van der Waals surface area contributed by atoms with Gasteiger partial charge < -0.3 is 15.0 Å². The van der Waals surface area contributed by atoms with Crippen LogP contribution >= 0.6 is 11.6 Å². The highest BCUT2D eigenvalue weighted by atomic mass is 35.5. The molecule has 0 aliphatic heterocycles. The summed E-state index contributed by atoms with van der Waals surface area (Å²) in [4.78, 5) is 28.1. The Hall–Kier alpha value is -3.38. The number of ether oxygens (including phenoxy) is 1. The van der Waals surface area contributed by atoms with E-state index in [1.165, 1.54) is 17.0 Å². The topological polar surface area (TPSA) is 58.6 Å². The second-order valence-corrected chi connectivity index (χ2v) is 8.79. The summed E-state index contributed by atoms with van der Waals surface area (Å²) in [6.07, 6.45) is 0.332. The van der Waals surface area contributed by atoms with Crippen LogP contribution in [0.1, 0.15) is 29.2 Å². The summed E-state index contributed by atoms with van der Waals surface area (Å²) in [5.41, 5.74) is 3.33. The molecule has 0 aliphatic carbocycles. The van der Waals surface area contributed by atoms with Crippen molar-refractivity contribution in [3.05, 3.63) is 99.8 Å². The van der Waals surface area contributed by atoms with E-state index in [0.717, 1.165) is 16.7 Å². The molecule has 3 aromatic rings. The number of rotatable bonds is 10. The third-order valence-electron chi connectivity index (χ3n) is 5.66. The first-order chi connectivity index (χ1) is 16.8. The smallest absolute Gasteiger partial charge is 0.261 e. The molecule has 5 nitrogen and oxygen atoms in total. The van der Waals surface area contributed by atoms with E-state index in [0.29, 0.717) is 29.3 Å². The maximum atomic E-state index is 13.5. The Bertz CT molecular complexity index is 1130. The van der Waals surface area contributed by atoms with Crippen LogP contribution in [0.25, 0.3) is 0 Å². The number of benzene rings is 3. The molecule has 0 fully saturated rings. The number of halogens is 2. The van der Waals surface area contributed by atoms with Crippen LogP contribution in [0.5, 0.6) is 5.75 Å². The van der Waals surface area contributed by atoms with Crippen molar-refractivity contribution in [2.24, 2.45) is 0 Å². The fourth-order valence-corrected chi connectivity index (χ4v) is 3.96. The van der Waals surface area contributed by atoms with Gasteiger partial charge in [-0.3, -0.25) is 9.59 Å². The summed E-state index contributed by atoms with van der Waals surface area (Å²) in [5.74, 6) is -0.457. The average molecular weight is 497 g/mol.